The minimum Gasteiger partial charge on any atom is -0.462 e. The van der Waals surface area contributed by atoms with Crippen LogP contribution in [0.25, 0.3) is 0 Å². The molecule has 0 heterocycles. The largest absolute Gasteiger partial charge is 0.462 e. The van der Waals surface area contributed by atoms with Gasteiger partial charge in [0.2, 0.25) is 0 Å². The summed E-state index contributed by atoms with van der Waals surface area (Å²) in [4.78, 5) is 53.7. The molecule has 0 aliphatic heterocycles. The highest BCUT2D eigenvalue weighted by atomic mass is 16.5. The lowest BCUT2D eigenvalue weighted by atomic mass is 9.69. The highest BCUT2D eigenvalue weighted by Crippen LogP contribution is 2.35. The van der Waals surface area contributed by atoms with Crippen LogP contribution in [-0.2, 0) is 23.9 Å². The molecule has 294 valence electrons. The number of ketones is 3. The molecule has 4 atom stereocenters. The lowest BCUT2D eigenvalue weighted by Gasteiger charge is -2.44. The van der Waals surface area contributed by atoms with Gasteiger partial charge >= 0.3 is 5.97 Å². The summed E-state index contributed by atoms with van der Waals surface area (Å²) >= 11 is 0. The van der Waals surface area contributed by atoms with Crippen LogP contribution in [0.5, 0.6) is 0 Å². The van der Waals surface area contributed by atoms with Crippen LogP contribution < -0.4 is 0 Å². The van der Waals surface area contributed by atoms with E-state index in [1.807, 2.05) is 0 Å². The standard InChI is InChI=1S/C41H76O9/c1-5-9-13-17-21-25-29-34(42)38(46)39(47)41(49,36(44)31-27-23-19-15-11-7-3)40(48,35(43)30-26-22-18-14-10-6-2)33-50-37(45)32-28-24-20-16-12-8-4/h38-39,46-49H,5-33H2,1-4H3/t38?,39-,40-,41+/m0/s1. The number of hydrogen-bond acceptors (Lipinski definition) is 9. The van der Waals surface area contributed by atoms with E-state index >= 15 is 0 Å². The molecule has 0 aliphatic rings. The first-order chi connectivity index (χ1) is 24.0. The molecule has 0 radical (unpaired) electrons. The molecular formula is C41H76O9. The van der Waals surface area contributed by atoms with Crippen molar-refractivity contribution in [3.8, 4) is 0 Å². The maximum Gasteiger partial charge on any atom is 0.305 e. The van der Waals surface area contributed by atoms with Crippen molar-refractivity contribution in [3.05, 3.63) is 0 Å². The third kappa shape index (κ3) is 18.7. The Labute approximate surface area is 304 Å². The van der Waals surface area contributed by atoms with Gasteiger partial charge in [0, 0.05) is 25.7 Å². The Morgan fingerprint density at radius 3 is 1.24 bits per heavy atom. The van der Waals surface area contributed by atoms with Crippen molar-refractivity contribution in [2.24, 2.45) is 0 Å². The van der Waals surface area contributed by atoms with E-state index in [-0.39, 0.29) is 25.7 Å². The fourth-order valence-corrected chi connectivity index (χ4v) is 6.51. The molecule has 9 nitrogen and oxygen atoms in total. The van der Waals surface area contributed by atoms with Gasteiger partial charge < -0.3 is 25.2 Å². The summed E-state index contributed by atoms with van der Waals surface area (Å²) in [5.41, 5.74) is -6.33. The Morgan fingerprint density at radius 1 is 0.480 bits per heavy atom. The van der Waals surface area contributed by atoms with E-state index in [0.29, 0.717) is 38.5 Å². The molecule has 4 N–H and O–H groups in total. The highest BCUT2D eigenvalue weighted by molar-refractivity contribution is 6.01. The van der Waals surface area contributed by atoms with Gasteiger partial charge in [0.1, 0.15) is 18.8 Å². The number of carbonyl (C=O) groups is 4. The van der Waals surface area contributed by atoms with Gasteiger partial charge in [-0.25, -0.2) is 0 Å². The second-order valence-corrected chi connectivity index (χ2v) is 14.6. The number of unbranched alkanes of at least 4 members (excludes halogenated alkanes) is 20. The van der Waals surface area contributed by atoms with Crippen LogP contribution >= 0.6 is 0 Å². The first-order valence-corrected chi connectivity index (χ1v) is 20.5. The molecule has 0 saturated carbocycles. The number of aliphatic hydroxyl groups is 4. The molecule has 0 aromatic carbocycles. The summed E-state index contributed by atoms with van der Waals surface area (Å²) in [5.74, 6) is -3.51. The van der Waals surface area contributed by atoms with Crippen LogP contribution in [-0.4, -0.2) is 73.8 Å². The Morgan fingerprint density at radius 2 is 0.820 bits per heavy atom. The number of esters is 1. The summed E-state index contributed by atoms with van der Waals surface area (Å²) in [5, 5.41) is 46.8. The van der Waals surface area contributed by atoms with E-state index in [0.717, 1.165) is 116 Å². The number of aliphatic hydroxyl groups excluding tert-OH is 2. The normalized spacial score (nSPS) is 15.2. The maximum atomic E-state index is 13.9. The number of hydrogen-bond donors (Lipinski definition) is 4. The van der Waals surface area contributed by atoms with Crippen LogP contribution in [0.3, 0.4) is 0 Å². The third-order valence-corrected chi connectivity index (χ3v) is 10.0. The fraction of sp³-hybridized carbons (Fsp3) is 0.902. The molecule has 50 heavy (non-hydrogen) atoms. The van der Waals surface area contributed by atoms with Crippen LogP contribution in [0.4, 0.5) is 0 Å². The molecule has 0 spiro atoms. The summed E-state index contributed by atoms with van der Waals surface area (Å²) in [6.07, 6.45) is 15.4. The molecule has 0 aromatic rings. The quantitative estimate of drug-likeness (QED) is 0.0370. The van der Waals surface area contributed by atoms with Crippen LogP contribution in [0.2, 0.25) is 0 Å². The minimum absolute atomic E-state index is 0.0277. The number of ether oxygens (including phenoxy) is 1. The van der Waals surface area contributed by atoms with Crippen molar-refractivity contribution in [1.29, 1.82) is 0 Å². The molecule has 9 heteroatoms. The van der Waals surface area contributed by atoms with Crippen molar-refractivity contribution >= 4 is 23.3 Å². The van der Waals surface area contributed by atoms with Crippen molar-refractivity contribution < 1.29 is 44.3 Å². The van der Waals surface area contributed by atoms with E-state index in [4.69, 9.17) is 4.74 Å². The highest BCUT2D eigenvalue weighted by Gasteiger charge is 2.65. The Kier molecular flexibility index (Phi) is 28.8. The van der Waals surface area contributed by atoms with Gasteiger partial charge in [0.05, 0.1) is 0 Å². The lowest BCUT2D eigenvalue weighted by Crippen LogP contribution is -2.73. The van der Waals surface area contributed by atoms with E-state index in [9.17, 15) is 39.6 Å². The third-order valence-electron chi connectivity index (χ3n) is 10.0. The fourth-order valence-electron chi connectivity index (χ4n) is 6.51. The number of rotatable bonds is 36. The average molecular weight is 713 g/mol. The minimum atomic E-state index is -3.27. The predicted molar refractivity (Wildman–Crippen MR) is 200 cm³/mol. The average Bonchev–Trinajstić information content (AvgIpc) is 3.11. The van der Waals surface area contributed by atoms with Gasteiger partial charge in [-0.15, -0.1) is 0 Å². The summed E-state index contributed by atoms with van der Waals surface area (Å²) in [7, 11) is 0. The second kappa shape index (κ2) is 29.9. The molecule has 0 amide bonds. The van der Waals surface area contributed by atoms with Crippen LogP contribution in [0.1, 0.15) is 207 Å². The molecule has 0 saturated heterocycles. The van der Waals surface area contributed by atoms with Crippen LogP contribution in [0, 0.1) is 0 Å². The number of carbonyl (C=O) groups excluding carboxylic acids is 4. The molecule has 1 unspecified atom stereocenters. The van der Waals surface area contributed by atoms with E-state index in [2.05, 4.69) is 27.7 Å². The molecule has 0 rings (SSSR count). The van der Waals surface area contributed by atoms with E-state index in [1.165, 1.54) is 0 Å². The molecule has 0 aromatic heterocycles. The van der Waals surface area contributed by atoms with Gasteiger partial charge in [-0.1, -0.05) is 156 Å². The second-order valence-electron chi connectivity index (χ2n) is 14.6. The van der Waals surface area contributed by atoms with E-state index in [1.54, 1.807) is 0 Å². The van der Waals surface area contributed by atoms with Gasteiger partial charge in [0.15, 0.2) is 28.6 Å². The first-order valence-electron chi connectivity index (χ1n) is 20.5. The summed E-state index contributed by atoms with van der Waals surface area (Å²) in [6, 6.07) is 0. The smallest absolute Gasteiger partial charge is 0.305 e. The lowest BCUT2D eigenvalue weighted by molar-refractivity contribution is -0.228. The maximum absolute atomic E-state index is 13.9. The van der Waals surface area contributed by atoms with E-state index < -0.39 is 53.3 Å². The van der Waals surface area contributed by atoms with Crippen molar-refractivity contribution in [3.63, 3.8) is 0 Å². The van der Waals surface area contributed by atoms with Gasteiger partial charge in [-0.2, -0.15) is 0 Å². The monoisotopic (exact) mass is 713 g/mol. The van der Waals surface area contributed by atoms with Crippen molar-refractivity contribution in [2.75, 3.05) is 6.61 Å². The van der Waals surface area contributed by atoms with Crippen molar-refractivity contribution in [1.82, 2.24) is 0 Å². The topological polar surface area (TPSA) is 158 Å². The summed E-state index contributed by atoms with van der Waals surface area (Å²) in [6.45, 7) is 7.34. The van der Waals surface area contributed by atoms with Gasteiger partial charge in [0.25, 0.3) is 0 Å². The predicted octanol–water partition coefficient (Wildman–Crippen LogP) is 8.42. The molecular weight excluding hydrogens is 636 g/mol. The zero-order chi connectivity index (χ0) is 37.7. The van der Waals surface area contributed by atoms with Crippen molar-refractivity contribution in [2.45, 2.75) is 231 Å². The molecule has 0 fully saturated rings. The van der Waals surface area contributed by atoms with Gasteiger partial charge in [-0.3, -0.25) is 19.2 Å². The Hall–Kier alpha value is -1.68. The Bertz CT molecular complexity index is 906. The zero-order valence-electron chi connectivity index (χ0n) is 32.5. The molecule has 0 aliphatic carbocycles. The SMILES string of the molecule is CCCCCCCCC(=O)OC[C@](O)(C(=O)CCCCCCCC)[C@@](O)(C(=O)CCCCCCCC)[C@@H](O)C(O)C(=O)CCCCCCCC. The zero-order valence-corrected chi connectivity index (χ0v) is 32.5. The summed E-state index contributed by atoms with van der Waals surface area (Å²) < 4.78 is 5.38. The number of Topliss-reactive ketones (excluding diaryl/α,β-unsaturated/α-hetero) is 3. The molecule has 0 bridgehead atoms. The Balaban J connectivity index is 6.23. The first kappa shape index (κ1) is 48.3. The van der Waals surface area contributed by atoms with Crippen LogP contribution in [0.15, 0.2) is 0 Å². The van der Waals surface area contributed by atoms with Gasteiger partial charge in [-0.05, 0) is 25.7 Å².